The molecule has 2 N–H and O–H groups in total. The van der Waals surface area contributed by atoms with Gasteiger partial charge in [0.1, 0.15) is 5.82 Å². The fraction of sp³-hybridized carbons (Fsp3) is 0.167. The Morgan fingerprint density at radius 1 is 1.38 bits per heavy atom. The van der Waals surface area contributed by atoms with Gasteiger partial charge in [-0.1, -0.05) is 12.1 Å². The molecule has 0 aliphatic carbocycles. The minimum Gasteiger partial charge on any atom is -0.387 e. The first-order chi connectivity index (χ1) is 7.75. The second-order valence-electron chi connectivity index (χ2n) is 3.46. The highest BCUT2D eigenvalue weighted by molar-refractivity contribution is 7.08. The number of thiophene rings is 1. The zero-order valence-electron chi connectivity index (χ0n) is 8.56. The molecular formula is C12H12FNOS. The Hall–Kier alpha value is -1.39. The number of nitrogens with one attached hydrogen (secondary N) is 1. The molecule has 2 aromatic rings. The van der Waals surface area contributed by atoms with E-state index in [2.05, 4.69) is 5.32 Å². The van der Waals surface area contributed by atoms with Crippen LogP contribution in [0.4, 0.5) is 10.1 Å². The number of aliphatic hydroxyl groups is 1. The number of benzene rings is 1. The molecular weight excluding hydrogens is 225 g/mol. The van der Waals surface area contributed by atoms with Gasteiger partial charge in [-0.15, -0.1) is 0 Å². The van der Waals surface area contributed by atoms with Crippen LogP contribution in [-0.2, 0) is 0 Å². The van der Waals surface area contributed by atoms with Crippen LogP contribution in [0.5, 0.6) is 0 Å². The van der Waals surface area contributed by atoms with E-state index >= 15 is 0 Å². The van der Waals surface area contributed by atoms with Gasteiger partial charge in [0.25, 0.3) is 0 Å². The third-order valence-corrected chi connectivity index (χ3v) is 2.94. The van der Waals surface area contributed by atoms with Crippen LogP contribution in [0.25, 0.3) is 0 Å². The average molecular weight is 237 g/mol. The standard InChI is InChI=1S/C12H12FNOS/c13-10-3-1-2-9(6-10)12(15)7-14-11-4-5-16-8-11/h1-6,8,12,14-15H,7H2. The summed E-state index contributed by atoms with van der Waals surface area (Å²) in [6.07, 6.45) is -0.699. The number of aliphatic hydroxyl groups excluding tert-OH is 1. The molecule has 0 fully saturated rings. The molecule has 1 unspecified atom stereocenters. The predicted octanol–water partition coefficient (Wildman–Crippen LogP) is 3.03. The van der Waals surface area contributed by atoms with Crippen molar-refractivity contribution in [3.05, 3.63) is 52.5 Å². The molecule has 2 nitrogen and oxygen atoms in total. The van der Waals surface area contributed by atoms with Crippen molar-refractivity contribution in [3.8, 4) is 0 Å². The first-order valence-corrected chi connectivity index (χ1v) is 5.89. The average Bonchev–Trinajstić information content (AvgIpc) is 2.78. The fourth-order valence-electron chi connectivity index (χ4n) is 1.41. The Bertz CT molecular complexity index is 444. The second kappa shape index (κ2) is 5.09. The predicted molar refractivity (Wildman–Crippen MR) is 64.2 cm³/mol. The van der Waals surface area contributed by atoms with Crippen molar-refractivity contribution in [1.82, 2.24) is 0 Å². The molecule has 0 saturated carbocycles. The first kappa shape index (κ1) is 11.1. The van der Waals surface area contributed by atoms with E-state index in [0.29, 0.717) is 12.1 Å². The molecule has 0 bridgehead atoms. The number of hydrogen-bond donors (Lipinski definition) is 2. The van der Waals surface area contributed by atoms with E-state index in [-0.39, 0.29) is 5.82 Å². The van der Waals surface area contributed by atoms with E-state index in [1.54, 1.807) is 23.5 Å². The van der Waals surface area contributed by atoms with Crippen LogP contribution in [0.2, 0.25) is 0 Å². The molecule has 0 aliphatic heterocycles. The summed E-state index contributed by atoms with van der Waals surface area (Å²) >= 11 is 1.59. The fourth-order valence-corrected chi connectivity index (χ4v) is 2.02. The summed E-state index contributed by atoms with van der Waals surface area (Å²) < 4.78 is 12.9. The third-order valence-electron chi connectivity index (χ3n) is 2.25. The lowest BCUT2D eigenvalue weighted by Crippen LogP contribution is -2.11. The molecule has 0 aliphatic rings. The summed E-state index contributed by atoms with van der Waals surface area (Å²) in [4.78, 5) is 0. The highest BCUT2D eigenvalue weighted by atomic mass is 32.1. The maximum absolute atomic E-state index is 12.9. The number of hydrogen-bond acceptors (Lipinski definition) is 3. The van der Waals surface area contributed by atoms with Crippen molar-refractivity contribution in [2.45, 2.75) is 6.10 Å². The molecule has 1 heterocycles. The van der Waals surface area contributed by atoms with E-state index in [0.717, 1.165) is 5.69 Å². The lowest BCUT2D eigenvalue weighted by molar-refractivity contribution is 0.191. The molecule has 4 heteroatoms. The SMILES string of the molecule is OC(CNc1ccsc1)c1cccc(F)c1. The molecule has 0 amide bonds. The Kier molecular flexibility index (Phi) is 3.54. The summed E-state index contributed by atoms with van der Waals surface area (Å²) in [5.41, 5.74) is 1.56. The summed E-state index contributed by atoms with van der Waals surface area (Å²) in [7, 11) is 0. The van der Waals surface area contributed by atoms with Gasteiger partial charge < -0.3 is 10.4 Å². The quantitative estimate of drug-likeness (QED) is 0.856. The Labute approximate surface area is 97.4 Å². The van der Waals surface area contributed by atoms with E-state index in [1.165, 1.54) is 12.1 Å². The van der Waals surface area contributed by atoms with Gasteiger partial charge in [-0.2, -0.15) is 11.3 Å². The molecule has 1 aromatic carbocycles. The van der Waals surface area contributed by atoms with Gasteiger partial charge >= 0.3 is 0 Å². The molecule has 1 atom stereocenters. The minimum absolute atomic E-state index is 0.327. The van der Waals surface area contributed by atoms with Crippen molar-refractivity contribution >= 4 is 17.0 Å². The highest BCUT2D eigenvalue weighted by Gasteiger charge is 2.07. The van der Waals surface area contributed by atoms with Crippen LogP contribution in [0, 0.1) is 5.82 Å². The minimum atomic E-state index is -0.699. The van der Waals surface area contributed by atoms with E-state index < -0.39 is 6.10 Å². The molecule has 0 spiro atoms. The van der Waals surface area contributed by atoms with Gasteiger partial charge in [0.15, 0.2) is 0 Å². The van der Waals surface area contributed by atoms with E-state index in [1.807, 2.05) is 16.8 Å². The monoisotopic (exact) mass is 237 g/mol. The Balaban J connectivity index is 1.95. The van der Waals surface area contributed by atoms with E-state index in [4.69, 9.17) is 0 Å². The summed E-state index contributed by atoms with van der Waals surface area (Å²) in [5, 5.41) is 16.8. The van der Waals surface area contributed by atoms with Gasteiger partial charge in [-0.05, 0) is 29.1 Å². The van der Waals surface area contributed by atoms with Crippen LogP contribution in [-0.4, -0.2) is 11.7 Å². The van der Waals surface area contributed by atoms with Crippen molar-refractivity contribution in [2.75, 3.05) is 11.9 Å². The second-order valence-corrected chi connectivity index (χ2v) is 4.24. The molecule has 16 heavy (non-hydrogen) atoms. The maximum Gasteiger partial charge on any atom is 0.123 e. The van der Waals surface area contributed by atoms with Gasteiger partial charge in [-0.25, -0.2) is 4.39 Å². The zero-order chi connectivity index (χ0) is 11.4. The Morgan fingerprint density at radius 3 is 2.94 bits per heavy atom. The largest absolute Gasteiger partial charge is 0.387 e. The number of rotatable bonds is 4. The summed E-state index contributed by atoms with van der Waals surface area (Å²) in [6.45, 7) is 0.375. The highest BCUT2D eigenvalue weighted by Crippen LogP contribution is 2.17. The van der Waals surface area contributed by atoms with E-state index in [9.17, 15) is 9.50 Å². The lowest BCUT2D eigenvalue weighted by Gasteiger charge is -2.12. The topological polar surface area (TPSA) is 32.3 Å². The van der Waals surface area contributed by atoms with Crippen molar-refractivity contribution < 1.29 is 9.50 Å². The van der Waals surface area contributed by atoms with Crippen LogP contribution in [0.3, 0.4) is 0 Å². The number of halogens is 1. The van der Waals surface area contributed by atoms with Gasteiger partial charge in [0.2, 0.25) is 0 Å². The smallest absolute Gasteiger partial charge is 0.123 e. The van der Waals surface area contributed by atoms with Crippen LogP contribution >= 0.6 is 11.3 Å². The van der Waals surface area contributed by atoms with Crippen LogP contribution < -0.4 is 5.32 Å². The molecule has 84 valence electrons. The van der Waals surface area contributed by atoms with Crippen LogP contribution in [0.1, 0.15) is 11.7 Å². The van der Waals surface area contributed by atoms with Gasteiger partial charge in [0.05, 0.1) is 6.10 Å². The van der Waals surface area contributed by atoms with Gasteiger partial charge in [-0.3, -0.25) is 0 Å². The van der Waals surface area contributed by atoms with Crippen molar-refractivity contribution in [2.24, 2.45) is 0 Å². The normalized spacial score (nSPS) is 12.4. The molecule has 0 saturated heterocycles. The first-order valence-electron chi connectivity index (χ1n) is 4.95. The van der Waals surface area contributed by atoms with Crippen molar-refractivity contribution in [1.29, 1.82) is 0 Å². The number of anilines is 1. The lowest BCUT2D eigenvalue weighted by atomic mass is 10.1. The van der Waals surface area contributed by atoms with Gasteiger partial charge in [0, 0.05) is 17.6 Å². The molecule has 0 radical (unpaired) electrons. The summed E-state index contributed by atoms with van der Waals surface area (Å²) in [6, 6.07) is 7.95. The summed E-state index contributed by atoms with van der Waals surface area (Å²) in [5.74, 6) is -0.327. The maximum atomic E-state index is 12.9. The molecule has 1 aromatic heterocycles. The molecule has 2 rings (SSSR count). The van der Waals surface area contributed by atoms with Crippen LogP contribution in [0.15, 0.2) is 41.1 Å². The Morgan fingerprint density at radius 2 is 2.25 bits per heavy atom. The zero-order valence-corrected chi connectivity index (χ0v) is 9.38. The third kappa shape index (κ3) is 2.81. The van der Waals surface area contributed by atoms with Crippen molar-refractivity contribution in [3.63, 3.8) is 0 Å².